The molecule has 5 nitrogen and oxygen atoms in total. The summed E-state index contributed by atoms with van der Waals surface area (Å²) < 4.78 is 6.78. The molecule has 0 aliphatic heterocycles. The summed E-state index contributed by atoms with van der Waals surface area (Å²) in [5, 5.41) is 3.22. The Hall–Kier alpha value is -1.36. The number of carbonyl (C=O) groups excluding carboxylic acids is 1. The van der Waals surface area contributed by atoms with E-state index in [9.17, 15) is 4.79 Å². The number of esters is 1. The third-order valence-corrected chi connectivity index (χ3v) is 2.64. The SMILES string of the molecule is CCNCc1nccn1CC(C)(C)C(=O)OC. The molecule has 0 saturated carbocycles. The van der Waals surface area contributed by atoms with E-state index in [2.05, 4.69) is 10.3 Å². The van der Waals surface area contributed by atoms with Gasteiger partial charge in [0, 0.05) is 18.9 Å². The highest BCUT2D eigenvalue weighted by molar-refractivity contribution is 5.75. The van der Waals surface area contributed by atoms with Crippen molar-refractivity contribution in [2.75, 3.05) is 13.7 Å². The topological polar surface area (TPSA) is 56.2 Å². The van der Waals surface area contributed by atoms with Gasteiger partial charge in [0.25, 0.3) is 0 Å². The van der Waals surface area contributed by atoms with Crippen molar-refractivity contribution in [3.05, 3.63) is 18.2 Å². The fraction of sp³-hybridized carbons (Fsp3) is 0.667. The van der Waals surface area contributed by atoms with E-state index in [1.807, 2.05) is 31.5 Å². The molecule has 0 amide bonds. The molecule has 0 saturated heterocycles. The van der Waals surface area contributed by atoms with Crippen molar-refractivity contribution in [1.29, 1.82) is 0 Å². The number of nitrogens with zero attached hydrogens (tertiary/aromatic N) is 2. The molecule has 0 bridgehead atoms. The van der Waals surface area contributed by atoms with Crippen LogP contribution in [0.5, 0.6) is 0 Å². The Morgan fingerprint density at radius 1 is 1.59 bits per heavy atom. The summed E-state index contributed by atoms with van der Waals surface area (Å²) in [5.41, 5.74) is -0.545. The van der Waals surface area contributed by atoms with Gasteiger partial charge in [0.1, 0.15) is 5.82 Å². The molecule has 1 heterocycles. The van der Waals surface area contributed by atoms with Gasteiger partial charge in [0.05, 0.1) is 19.1 Å². The van der Waals surface area contributed by atoms with E-state index in [0.717, 1.165) is 12.4 Å². The molecular formula is C12H21N3O2. The molecule has 1 rings (SSSR count). The van der Waals surface area contributed by atoms with Crippen molar-refractivity contribution < 1.29 is 9.53 Å². The van der Waals surface area contributed by atoms with Crippen LogP contribution < -0.4 is 5.32 Å². The minimum atomic E-state index is -0.545. The van der Waals surface area contributed by atoms with Crippen LogP contribution in [0.4, 0.5) is 0 Å². The number of rotatable bonds is 6. The van der Waals surface area contributed by atoms with Gasteiger partial charge in [-0.3, -0.25) is 4.79 Å². The molecular weight excluding hydrogens is 218 g/mol. The summed E-state index contributed by atoms with van der Waals surface area (Å²) in [5.74, 6) is 0.726. The fourth-order valence-corrected chi connectivity index (χ4v) is 1.65. The molecule has 17 heavy (non-hydrogen) atoms. The lowest BCUT2D eigenvalue weighted by Crippen LogP contribution is -2.31. The van der Waals surface area contributed by atoms with Crippen molar-refractivity contribution >= 4 is 5.97 Å². The van der Waals surface area contributed by atoms with Crippen molar-refractivity contribution in [3.63, 3.8) is 0 Å². The maximum atomic E-state index is 11.6. The number of hydrogen-bond donors (Lipinski definition) is 1. The van der Waals surface area contributed by atoms with Crippen molar-refractivity contribution in [1.82, 2.24) is 14.9 Å². The summed E-state index contributed by atoms with van der Waals surface area (Å²) in [7, 11) is 1.41. The lowest BCUT2D eigenvalue weighted by molar-refractivity contribution is -0.151. The molecule has 5 heteroatoms. The van der Waals surface area contributed by atoms with Gasteiger partial charge in [0.15, 0.2) is 0 Å². The first-order chi connectivity index (χ1) is 8.01. The van der Waals surface area contributed by atoms with E-state index in [1.165, 1.54) is 7.11 Å². The number of aromatic nitrogens is 2. The zero-order valence-corrected chi connectivity index (χ0v) is 11.0. The number of hydrogen-bond acceptors (Lipinski definition) is 4. The maximum absolute atomic E-state index is 11.6. The molecule has 0 spiro atoms. The Morgan fingerprint density at radius 2 is 2.29 bits per heavy atom. The molecule has 96 valence electrons. The van der Waals surface area contributed by atoms with E-state index < -0.39 is 5.41 Å². The van der Waals surface area contributed by atoms with Gasteiger partial charge in [-0.1, -0.05) is 6.92 Å². The monoisotopic (exact) mass is 239 g/mol. The average Bonchev–Trinajstić information content (AvgIpc) is 2.71. The Kier molecular flexibility index (Phi) is 4.69. The second-order valence-corrected chi connectivity index (χ2v) is 4.63. The molecule has 1 aromatic heterocycles. The van der Waals surface area contributed by atoms with Crippen LogP contribution in [0.15, 0.2) is 12.4 Å². The molecule has 0 fully saturated rings. The predicted molar refractivity (Wildman–Crippen MR) is 65.4 cm³/mol. The number of imidazole rings is 1. The zero-order chi connectivity index (χ0) is 12.9. The van der Waals surface area contributed by atoms with Crippen molar-refractivity contribution in [2.45, 2.75) is 33.9 Å². The van der Waals surface area contributed by atoms with Gasteiger partial charge < -0.3 is 14.6 Å². The molecule has 0 radical (unpaired) electrons. The predicted octanol–water partition coefficient (Wildman–Crippen LogP) is 1.19. The van der Waals surface area contributed by atoms with Gasteiger partial charge in [-0.25, -0.2) is 4.98 Å². The minimum Gasteiger partial charge on any atom is -0.469 e. The van der Waals surface area contributed by atoms with E-state index in [-0.39, 0.29) is 5.97 Å². The lowest BCUT2D eigenvalue weighted by Gasteiger charge is -2.23. The van der Waals surface area contributed by atoms with Gasteiger partial charge >= 0.3 is 5.97 Å². The minimum absolute atomic E-state index is 0.208. The van der Waals surface area contributed by atoms with Crippen LogP contribution >= 0.6 is 0 Å². The summed E-state index contributed by atoms with van der Waals surface area (Å²) in [6, 6.07) is 0. The van der Waals surface area contributed by atoms with Crippen LogP contribution in [0.1, 0.15) is 26.6 Å². The summed E-state index contributed by atoms with van der Waals surface area (Å²) >= 11 is 0. The van der Waals surface area contributed by atoms with Crippen LogP contribution in [0, 0.1) is 5.41 Å². The van der Waals surface area contributed by atoms with Crippen LogP contribution in [-0.4, -0.2) is 29.2 Å². The second kappa shape index (κ2) is 5.82. The lowest BCUT2D eigenvalue weighted by atomic mass is 9.93. The first-order valence-electron chi connectivity index (χ1n) is 5.80. The van der Waals surface area contributed by atoms with Gasteiger partial charge in [-0.15, -0.1) is 0 Å². The van der Waals surface area contributed by atoms with E-state index in [1.54, 1.807) is 6.20 Å². The van der Waals surface area contributed by atoms with Crippen LogP contribution in [0.2, 0.25) is 0 Å². The number of carbonyl (C=O) groups is 1. The first kappa shape index (κ1) is 13.7. The van der Waals surface area contributed by atoms with Gasteiger partial charge in [-0.05, 0) is 20.4 Å². The maximum Gasteiger partial charge on any atom is 0.313 e. The Balaban J connectivity index is 2.74. The van der Waals surface area contributed by atoms with E-state index in [4.69, 9.17) is 4.74 Å². The molecule has 0 aliphatic rings. The molecule has 1 aromatic rings. The largest absolute Gasteiger partial charge is 0.469 e. The highest BCUT2D eigenvalue weighted by atomic mass is 16.5. The van der Waals surface area contributed by atoms with Crippen LogP contribution in [0.3, 0.4) is 0 Å². The van der Waals surface area contributed by atoms with Gasteiger partial charge in [0.2, 0.25) is 0 Å². The Labute approximate surface area is 102 Å². The first-order valence-corrected chi connectivity index (χ1v) is 5.80. The van der Waals surface area contributed by atoms with Crippen molar-refractivity contribution in [3.8, 4) is 0 Å². The highest BCUT2D eigenvalue weighted by Crippen LogP contribution is 2.20. The standard InChI is InChI=1S/C12H21N3O2/c1-5-13-8-10-14-6-7-15(10)9-12(2,3)11(16)17-4/h6-7,13H,5,8-9H2,1-4H3. The van der Waals surface area contributed by atoms with Crippen LogP contribution in [0.25, 0.3) is 0 Å². The smallest absolute Gasteiger partial charge is 0.313 e. The van der Waals surface area contributed by atoms with Crippen molar-refractivity contribution in [2.24, 2.45) is 5.41 Å². The molecule has 1 N–H and O–H groups in total. The number of nitrogens with one attached hydrogen (secondary N) is 1. The highest BCUT2D eigenvalue weighted by Gasteiger charge is 2.29. The quantitative estimate of drug-likeness (QED) is 0.758. The second-order valence-electron chi connectivity index (χ2n) is 4.63. The third-order valence-electron chi connectivity index (χ3n) is 2.64. The Morgan fingerprint density at radius 3 is 2.88 bits per heavy atom. The summed E-state index contributed by atoms with van der Waals surface area (Å²) in [6.07, 6.45) is 3.64. The summed E-state index contributed by atoms with van der Waals surface area (Å²) in [6.45, 7) is 7.96. The average molecular weight is 239 g/mol. The zero-order valence-electron chi connectivity index (χ0n) is 11.0. The fourth-order valence-electron chi connectivity index (χ4n) is 1.65. The summed E-state index contributed by atoms with van der Waals surface area (Å²) in [4.78, 5) is 15.9. The van der Waals surface area contributed by atoms with E-state index in [0.29, 0.717) is 13.1 Å². The Bertz CT molecular complexity index is 372. The molecule has 0 unspecified atom stereocenters. The van der Waals surface area contributed by atoms with E-state index >= 15 is 0 Å². The normalized spacial score (nSPS) is 11.5. The number of methoxy groups -OCH3 is 1. The number of ether oxygens (including phenoxy) is 1. The van der Waals surface area contributed by atoms with Crippen LogP contribution in [-0.2, 0) is 22.6 Å². The molecule has 0 aliphatic carbocycles. The third kappa shape index (κ3) is 3.56. The molecule has 0 atom stereocenters. The van der Waals surface area contributed by atoms with Gasteiger partial charge in [-0.2, -0.15) is 0 Å². The molecule has 0 aromatic carbocycles.